The summed E-state index contributed by atoms with van der Waals surface area (Å²) in [7, 11) is 1.87. The first-order chi connectivity index (χ1) is 13.1. The zero-order chi connectivity index (χ0) is 18.6. The van der Waals surface area contributed by atoms with Crippen LogP contribution in [-0.2, 0) is 14.9 Å². The number of rotatable bonds is 2. The lowest BCUT2D eigenvalue weighted by Crippen LogP contribution is -2.39. The summed E-state index contributed by atoms with van der Waals surface area (Å²) in [6.45, 7) is 3.36. The zero-order valence-corrected chi connectivity index (χ0v) is 15.5. The van der Waals surface area contributed by atoms with Gasteiger partial charge in [-0.15, -0.1) is 0 Å². The zero-order valence-electron chi connectivity index (χ0n) is 15.5. The molecule has 1 saturated heterocycles. The molecule has 138 valence electrons. The summed E-state index contributed by atoms with van der Waals surface area (Å²) in [4.78, 5) is 12.8. The highest BCUT2D eigenvalue weighted by Crippen LogP contribution is 2.46. The fourth-order valence-corrected chi connectivity index (χ4v) is 4.56. The van der Waals surface area contributed by atoms with Crippen molar-refractivity contribution in [1.82, 2.24) is 10.2 Å². The highest BCUT2D eigenvalue weighted by atomic mass is 16.5. The van der Waals surface area contributed by atoms with Crippen LogP contribution in [0.25, 0.3) is 22.0 Å². The summed E-state index contributed by atoms with van der Waals surface area (Å²) in [6.07, 6.45) is 1.48. The number of hydrogen-bond acceptors (Lipinski definition) is 4. The Hall–Kier alpha value is -2.86. The number of aromatic nitrogens is 2. The van der Waals surface area contributed by atoms with Crippen molar-refractivity contribution in [3.8, 4) is 11.1 Å². The van der Waals surface area contributed by atoms with Gasteiger partial charge < -0.3 is 15.4 Å². The summed E-state index contributed by atoms with van der Waals surface area (Å²) < 4.78 is 5.49. The summed E-state index contributed by atoms with van der Waals surface area (Å²) in [5.74, 6) is 0.939. The van der Waals surface area contributed by atoms with Gasteiger partial charge in [0, 0.05) is 36.9 Å². The number of ether oxygens (including phenoxy) is 1. The number of anilines is 2. The molecular formula is C21H22N4O2. The first kappa shape index (κ1) is 16.3. The predicted molar refractivity (Wildman–Crippen MR) is 106 cm³/mol. The van der Waals surface area contributed by atoms with Crippen LogP contribution in [-0.4, -0.2) is 36.4 Å². The quantitative estimate of drug-likeness (QED) is 0.651. The van der Waals surface area contributed by atoms with E-state index in [2.05, 4.69) is 58.1 Å². The summed E-state index contributed by atoms with van der Waals surface area (Å²) in [5.41, 5.74) is 5.96. The number of hydrogen-bond donors (Lipinski definition) is 3. The highest BCUT2D eigenvalue weighted by molar-refractivity contribution is 6.08. The van der Waals surface area contributed by atoms with Crippen molar-refractivity contribution >= 4 is 28.3 Å². The molecule has 3 N–H and O–H groups in total. The molecular weight excluding hydrogens is 340 g/mol. The normalized spacial score (nSPS) is 17.9. The van der Waals surface area contributed by atoms with E-state index in [4.69, 9.17) is 4.74 Å². The largest absolute Gasteiger partial charge is 0.381 e. The van der Waals surface area contributed by atoms with Gasteiger partial charge in [0.1, 0.15) is 0 Å². The third-order valence-corrected chi connectivity index (χ3v) is 6.04. The SMILES string of the molecule is CNc1n[nH]c2c(-c3ccc4c(c3)NC(=O)C43CCOCC3)c(C)ccc12. The van der Waals surface area contributed by atoms with Gasteiger partial charge in [-0.1, -0.05) is 18.2 Å². The van der Waals surface area contributed by atoms with E-state index in [-0.39, 0.29) is 5.91 Å². The smallest absolute Gasteiger partial charge is 0.235 e. The van der Waals surface area contributed by atoms with Gasteiger partial charge in [0.15, 0.2) is 5.82 Å². The lowest BCUT2D eigenvalue weighted by molar-refractivity contribution is -0.124. The second-order valence-corrected chi connectivity index (χ2v) is 7.41. The van der Waals surface area contributed by atoms with Gasteiger partial charge in [-0.25, -0.2) is 0 Å². The molecule has 0 unspecified atom stereocenters. The Labute approximate surface area is 157 Å². The molecule has 0 bridgehead atoms. The molecule has 2 aliphatic heterocycles. The lowest BCUT2D eigenvalue weighted by Gasteiger charge is -2.31. The second kappa shape index (κ2) is 5.82. The number of H-pyrrole nitrogens is 1. The Morgan fingerprint density at radius 3 is 2.78 bits per heavy atom. The number of nitrogens with zero attached hydrogens (tertiary/aromatic N) is 1. The molecule has 6 heteroatoms. The van der Waals surface area contributed by atoms with E-state index in [1.165, 1.54) is 5.56 Å². The molecule has 0 aliphatic carbocycles. The van der Waals surface area contributed by atoms with Crippen LogP contribution in [0, 0.1) is 6.92 Å². The van der Waals surface area contributed by atoms with Crippen molar-refractivity contribution in [2.45, 2.75) is 25.2 Å². The maximum absolute atomic E-state index is 12.8. The molecule has 0 saturated carbocycles. The standard InChI is InChI=1S/C21H22N4O2/c1-12-3-5-14-18(24-25-19(14)22-2)17(12)13-4-6-15-16(11-13)23-20(26)21(15)7-9-27-10-8-21/h3-6,11H,7-10H2,1-2H3,(H,23,26)(H2,22,24,25). The van der Waals surface area contributed by atoms with Crippen molar-refractivity contribution in [3.63, 3.8) is 0 Å². The molecule has 1 spiro atoms. The van der Waals surface area contributed by atoms with Gasteiger partial charge >= 0.3 is 0 Å². The predicted octanol–water partition coefficient (Wildman–Crippen LogP) is 3.58. The van der Waals surface area contributed by atoms with Crippen LogP contribution in [0.4, 0.5) is 11.5 Å². The summed E-state index contributed by atoms with van der Waals surface area (Å²) >= 11 is 0. The van der Waals surface area contributed by atoms with Crippen LogP contribution >= 0.6 is 0 Å². The molecule has 0 radical (unpaired) electrons. The molecule has 2 aromatic carbocycles. The van der Waals surface area contributed by atoms with Crippen molar-refractivity contribution in [1.29, 1.82) is 0 Å². The van der Waals surface area contributed by atoms with Crippen molar-refractivity contribution in [3.05, 3.63) is 41.5 Å². The van der Waals surface area contributed by atoms with Gasteiger partial charge in [0.25, 0.3) is 0 Å². The van der Waals surface area contributed by atoms with E-state index in [1.807, 2.05) is 7.05 Å². The maximum Gasteiger partial charge on any atom is 0.235 e. The topological polar surface area (TPSA) is 79.0 Å². The van der Waals surface area contributed by atoms with Gasteiger partial charge in [-0.2, -0.15) is 5.10 Å². The fourth-order valence-electron chi connectivity index (χ4n) is 4.56. The van der Waals surface area contributed by atoms with Gasteiger partial charge in [-0.3, -0.25) is 9.89 Å². The molecule has 27 heavy (non-hydrogen) atoms. The number of carbonyl (C=O) groups is 1. The van der Waals surface area contributed by atoms with Crippen molar-refractivity contribution in [2.75, 3.05) is 30.9 Å². The average molecular weight is 362 g/mol. The van der Waals surface area contributed by atoms with E-state index in [0.717, 1.165) is 51.9 Å². The molecule has 0 atom stereocenters. The Kier molecular flexibility index (Phi) is 3.52. The minimum absolute atomic E-state index is 0.104. The van der Waals surface area contributed by atoms with Gasteiger partial charge in [0.2, 0.25) is 5.91 Å². The van der Waals surface area contributed by atoms with Crippen molar-refractivity contribution in [2.24, 2.45) is 0 Å². The first-order valence-corrected chi connectivity index (χ1v) is 9.33. The number of aryl methyl sites for hydroxylation is 1. The highest BCUT2D eigenvalue weighted by Gasteiger charge is 2.47. The third kappa shape index (κ3) is 2.23. The summed E-state index contributed by atoms with van der Waals surface area (Å²) in [6, 6.07) is 10.5. The Bertz CT molecular complexity index is 1060. The molecule has 1 amide bonds. The van der Waals surface area contributed by atoms with E-state index in [9.17, 15) is 4.79 Å². The van der Waals surface area contributed by atoms with E-state index in [1.54, 1.807) is 0 Å². The maximum atomic E-state index is 12.8. The van der Waals surface area contributed by atoms with E-state index >= 15 is 0 Å². The van der Waals surface area contributed by atoms with Gasteiger partial charge in [0.05, 0.1) is 10.9 Å². The Morgan fingerprint density at radius 1 is 1.19 bits per heavy atom. The molecule has 2 aliphatic rings. The first-order valence-electron chi connectivity index (χ1n) is 9.33. The summed E-state index contributed by atoms with van der Waals surface area (Å²) in [5, 5.41) is 14.8. The van der Waals surface area contributed by atoms with E-state index < -0.39 is 5.41 Å². The van der Waals surface area contributed by atoms with Crippen LogP contribution in [0.3, 0.4) is 0 Å². The monoisotopic (exact) mass is 362 g/mol. The molecule has 1 fully saturated rings. The van der Waals surface area contributed by atoms with Gasteiger partial charge in [-0.05, 0) is 48.6 Å². The number of nitrogens with one attached hydrogen (secondary N) is 3. The molecule has 1 aromatic heterocycles. The molecule has 6 nitrogen and oxygen atoms in total. The Balaban J connectivity index is 1.66. The molecule has 3 aromatic rings. The van der Waals surface area contributed by atoms with Crippen LogP contribution in [0.5, 0.6) is 0 Å². The van der Waals surface area contributed by atoms with Crippen LogP contribution in [0.15, 0.2) is 30.3 Å². The molecule has 5 rings (SSSR count). The minimum Gasteiger partial charge on any atom is -0.381 e. The number of fused-ring (bicyclic) bond motifs is 3. The average Bonchev–Trinajstić information content (AvgIpc) is 3.21. The number of carbonyl (C=O) groups excluding carboxylic acids is 1. The number of aromatic amines is 1. The lowest BCUT2D eigenvalue weighted by atomic mass is 9.75. The third-order valence-electron chi connectivity index (χ3n) is 6.04. The van der Waals surface area contributed by atoms with Crippen LogP contribution in [0.2, 0.25) is 0 Å². The van der Waals surface area contributed by atoms with Crippen LogP contribution < -0.4 is 10.6 Å². The van der Waals surface area contributed by atoms with Crippen molar-refractivity contribution < 1.29 is 9.53 Å². The number of benzene rings is 2. The minimum atomic E-state index is -0.430. The fraction of sp³-hybridized carbons (Fsp3) is 0.333. The second-order valence-electron chi connectivity index (χ2n) is 7.41. The van der Waals surface area contributed by atoms with Crippen LogP contribution in [0.1, 0.15) is 24.0 Å². The number of amides is 1. The Morgan fingerprint density at radius 2 is 2.00 bits per heavy atom. The molecule has 3 heterocycles. The van der Waals surface area contributed by atoms with E-state index in [0.29, 0.717) is 13.2 Å².